The Balaban J connectivity index is 0.00000144. The second-order valence-corrected chi connectivity index (χ2v) is 2.93. The van der Waals surface area contributed by atoms with Crippen LogP contribution in [0.5, 0.6) is 0 Å². The van der Waals surface area contributed by atoms with Crippen molar-refractivity contribution in [2.45, 2.75) is 31.2 Å². The van der Waals surface area contributed by atoms with Crippen molar-refractivity contribution < 1.29 is 17.9 Å². The normalized spacial score (nSPS) is 29.5. The van der Waals surface area contributed by atoms with Gasteiger partial charge in [-0.25, -0.2) is 0 Å². The summed E-state index contributed by atoms with van der Waals surface area (Å²) >= 11 is 0. The van der Waals surface area contributed by atoms with Gasteiger partial charge in [-0.1, -0.05) is 0 Å². The van der Waals surface area contributed by atoms with Crippen molar-refractivity contribution in [1.29, 1.82) is 0 Å². The minimum absolute atomic E-state index is 0. The summed E-state index contributed by atoms with van der Waals surface area (Å²) in [6.45, 7) is 0.153. The van der Waals surface area contributed by atoms with E-state index in [-0.39, 0.29) is 31.5 Å². The summed E-state index contributed by atoms with van der Waals surface area (Å²) in [4.78, 5) is 0. The third-order valence-electron chi connectivity index (χ3n) is 2.05. The van der Waals surface area contributed by atoms with E-state index in [9.17, 15) is 13.2 Å². The van der Waals surface area contributed by atoms with E-state index in [1.807, 2.05) is 0 Å². The lowest BCUT2D eigenvalue weighted by Crippen LogP contribution is -2.43. The molecule has 2 unspecified atom stereocenters. The maximum absolute atomic E-state index is 12.0. The van der Waals surface area contributed by atoms with Crippen LogP contribution in [-0.2, 0) is 4.74 Å². The molecule has 0 bridgehead atoms. The second-order valence-electron chi connectivity index (χ2n) is 2.93. The Labute approximate surface area is 81.2 Å². The smallest absolute Gasteiger partial charge is 0.367 e. The molecule has 0 aromatic carbocycles. The fourth-order valence-electron chi connectivity index (χ4n) is 1.24. The minimum Gasteiger partial charge on any atom is -0.367 e. The summed E-state index contributed by atoms with van der Waals surface area (Å²) < 4.78 is 40.7. The maximum Gasteiger partial charge on any atom is 0.414 e. The van der Waals surface area contributed by atoms with Crippen LogP contribution < -0.4 is 5.32 Å². The molecule has 2 atom stereocenters. The van der Waals surface area contributed by atoms with Gasteiger partial charge in [0, 0.05) is 6.04 Å². The van der Waals surface area contributed by atoms with E-state index in [0.29, 0.717) is 6.42 Å². The zero-order valence-electron chi connectivity index (χ0n) is 7.23. The molecular formula is C7H13ClF3NO. The fraction of sp³-hybridized carbons (Fsp3) is 1.00. The Morgan fingerprint density at radius 1 is 1.31 bits per heavy atom. The highest BCUT2D eigenvalue weighted by Gasteiger charge is 2.42. The van der Waals surface area contributed by atoms with Crippen molar-refractivity contribution >= 4 is 12.4 Å². The molecule has 2 nitrogen and oxygen atoms in total. The molecule has 1 aliphatic rings. The summed E-state index contributed by atoms with van der Waals surface area (Å²) in [5.74, 6) is 0. The number of hydrogen-bond acceptors (Lipinski definition) is 2. The molecule has 1 heterocycles. The second kappa shape index (κ2) is 5.02. The molecular weight excluding hydrogens is 207 g/mol. The van der Waals surface area contributed by atoms with Crippen LogP contribution in [0.15, 0.2) is 0 Å². The van der Waals surface area contributed by atoms with Crippen LogP contribution in [-0.4, -0.2) is 32.0 Å². The number of likely N-dealkylation sites (N-methyl/N-ethyl adjacent to an activating group) is 1. The zero-order valence-corrected chi connectivity index (χ0v) is 8.04. The van der Waals surface area contributed by atoms with Gasteiger partial charge in [-0.2, -0.15) is 13.2 Å². The van der Waals surface area contributed by atoms with Gasteiger partial charge in [0.2, 0.25) is 0 Å². The Morgan fingerprint density at radius 2 is 1.92 bits per heavy atom. The first kappa shape index (κ1) is 13.0. The van der Waals surface area contributed by atoms with Gasteiger partial charge < -0.3 is 10.1 Å². The summed E-state index contributed by atoms with van der Waals surface area (Å²) in [6, 6.07) is 0.0728. The third kappa shape index (κ3) is 3.70. The summed E-state index contributed by atoms with van der Waals surface area (Å²) in [5, 5.41) is 2.88. The summed E-state index contributed by atoms with van der Waals surface area (Å²) in [7, 11) is 1.72. The molecule has 1 N–H and O–H groups in total. The molecule has 0 aromatic heterocycles. The number of ether oxygens (including phenoxy) is 1. The zero-order chi connectivity index (χ0) is 9.19. The average molecular weight is 220 g/mol. The van der Waals surface area contributed by atoms with Gasteiger partial charge in [-0.3, -0.25) is 0 Å². The van der Waals surface area contributed by atoms with Gasteiger partial charge in [-0.15, -0.1) is 12.4 Å². The van der Waals surface area contributed by atoms with Gasteiger partial charge >= 0.3 is 6.18 Å². The minimum atomic E-state index is -4.20. The first-order valence-electron chi connectivity index (χ1n) is 3.89. The predicted molar refractivity (Wildman–Crippen MR) is 45.1 cm³/mol. The summed E-state index contributed by atoms with van der Waals surface area (Å²) in [5.41, 5.74) is 0. The Hall–Kier alpha value is 0. The van der Waals surface area contributed by atoms with Crippen molar-refractivity contribution in [2.75, 3.05) is 13.7 Å². The van der Waals surface area contributed by atoms with Crippen molar-refractivity contribution in [2.24, 2.45) is 0 Å². The highest BCUT2D eigenvalue weighted by molar-refractivity contribution is 5.85. The van der Waals surface area contributed by atoms with Gasteiger partial charge in [0.25, 0.3) is 0 Å². The topological polar surface area (TPSA) is 21.3 Å². The van der Waals surface area contributed by atoms with Crippen LogP contribution in [0.1, 0.15) is 12.8 Å². The number of rotatable bonds is 1. The average Bonchev–Trinajstić information content (AvgIpc) is 2.03. The highest BCUT2D eigenvalue weighted by atomic mass is 35.5. The Morgan fingerprint density at radius 3 is 2.23 bits per heavy atom. The predicted octanol–water partition coefficient (Wildman–Crippen LogP) is 1.74. The number of nitrogens with one attached hydrogen (secondary N) is 1. The SMILES string of the molecule is CNC1CCC(C(F)(F)F)OC1.Cl. The number of hydrogen-bond donors (Lipinski definition) is 1. The van der Waals surface area contributed by atoms with E-state index < -0.39 is 12.3 Å². The monoisotopic (exact) mass is 219 g/mol. The highest BCUT2D eigenvalue weighted by Crippen LogP contribution is 2.29. The molecule has 0 radical (unpaired) electrons. The van der Waals surface area contributed by atoms with Crippen molar-refractivity contribution in [3.8, 4) is 0 Å². The quantitative estimate of drug-likeness (QED) is 0.726. The van der Waals surface area contributed by atoms with Gasteiger partial charge in [-0.05, 0) is 19.9 Å². The van der Waals surface area contributed by atoms with Crippen LogP contribution in [0.3, 0.4) is 0 Å². The molecule has 80 valence electrons. The van der Waals surface area contributed by atoms with E-state index in [2.05, 4.69) is 10.1 Å². The molecule has 6 heteroatoms. The first-order chi connectivity index (χ1) is 5.54. The van der Waals surface area contributed by atoms with E-state index >= 15 is 0 Å². The molecule has 13 heavy (non-hydrogen) atoms. The fourth-order valence-corrected chi connectivity index (χ4v) is 1.24. The van der Waals surface area contributed by atoms with Crippen LogP contribution in [0.25, 0.3) is 0 Å². The maximum atomic E-state index is 12.0. The van der Waals surface area contributed by atoms with Gasteiger partial charge in [0.1, 0.15) is 0 Å². The molecule has 0 amide bonds. The van der Waals surface area contributed by atoms with E-state index in [1.165, 1.54) is 0 Å². The van der Waals surface area contributed by atoms with Crippen LogP contribution >= 0.6 is 12.4 Å². The van der Waals surface area contributed by atoms with E-state index in [4.69, 9.17) is 0 Å². The number of alkyl halides is 3. The van der Waals surface area contributed by atoms with Gasteiger partial charge in [0.05, 0.1) is 6.61 Å². The molecule has 0 aliphatic carbocycles. The Bertz CT molecular complexity index is 145. The Kier molecular flexibility index (Phi) is 5.02. The first-order valence-corrected chi connectivity index (χ1v) is 3.89. The molecule has 1 aliphatic heterocycles. The largest absolute Gasteiger partial charge is 0.414 e. The van der Waals surface area contributed by atoms with Gasteiger partial charge in [0.15, 0.2) is 6.10 Å². The van der Waals surface area contributed by atoms with Crippen molar-refractivity contribution in [3.05, 3.63) is 0 Å². The summed E-state index contributed by atoms with van der Waals surface area (Å²) in [6.07, 6.45) is -5.16. The lowest BCUT2D eigenvalue weighted by molar-refractivity contribution is -0.232. The third-order valence-corrected chi connectivity index (χ3v) is 2.05. The van der Waals surface area contributed by atoms with E-state index in [0.717, 1.165) is 0 Å². The van der Waals surface area contributed by atoms with Crippen molar-refractivity contribution in [3.63, 3.8) is 0 Å². The molecule has 1 rings (SSSR count). The molecule has 1 saturated heterocycles. The van der Waals surface area contributed by atoms with Crippen LogP contribution in [0, 0.1) is 0 Å². The number of halogens is 4. The standard InChI is InChI=1S/C7H12F3NO.ClH/c1-11-5-2-3-6(12-4-5)7(8,9)10;/h5-6,11H,2-4H2,1H3;1H. The molecule has 0 spiro atoms. The lowest BCUT2D eigenvalue weighted by atomic mass is 10.1. The molecule has 1 fully saturated rings. The van der Waals surface area contributed by atoms with Crippen LogP contribution in [0.4, 0.5) is 13.2 Å². The molecule has 0 aromatic rings. The van der Waals surface area contributed by atoms with E-state index in [1.54, 1.807) is 7.05 Å². The van der Waals surface area contributed by atoms with Crippen molar-refractivity contribution in [1.82, 2.24) is 5.32 Å². The molecule has 0 saturated carbocycles. The van der Waals surface area contributed by atoms with Crippen LogP contribution in [0.2, 0.25) is 0 Å². The lowest BCUT2D eigenvalue weighted by Gasteiger charge is -2.29.